The molecule has 1 aliphatic heterocycles. The molecule has 1 saturated heterocycles. The molecule has 0 saturated carbocycles. The first-order chi connectivity index (χ1) is 8.63. The fraction of sp³-hybridized carbons (Fsp3) is 0.600. The molecule has 18 heavy (non-hydrogen) atoms. The minimum Gasteiger partial charge on any atom is -0.399 e. The van der Waals surface area contributed by atoms with Crippen LogP contribution in [0.1, 0.15) is 25.3 Å². The number of hydrogen-bond acceptors (Lipinski definition) is 3. The maximum atomic E-state index is 5.97. The number of hydrogen-bond donors (Lipinski definition) is 1. The molecule has 0 amide bonds. The van der Waals surface area contributed by atoms with Crippen LogP contribution in [0.4, 0.5) is 5.69 Å². The number of nitrogens with zero attached hydrogens (tertiary/aromatic N) is 1. The summed E-state index contributed by atoms with van der Waals surface area (Å²) in [7, 11) is 1.82. The fourth-order valence-electron chi connectivity index (χ4n) is 2.71. The highest BCUT2D eigenvalue weighted by Crippen LogP contribution is 2.24. The Morgan fingerprint density at radius 1 is 1.39 bits per heavy atom. The molecular weight excluding hydrogens is 224 g/mol. The normalized spacial score (nSPS) is 25.2. The number of methoxy groups -OCH3 is 1. The second kappa shape index (κ2) is 5.72. The Balaban J connectivity index is 1.89. The summed E-state index contributed by atoms with van der Waals surface area (Å²) >= 11 is 0. The molecule has 3 nitrogen and oxygen atoms in total. The molecule has 0 aromatic heterocycles. The lowest BCUT2D eigenvalue weighted by Gasteiger charge is -2.39. The van der Waals surface area contributed by atoms with Crippen molar-refractivity contribution in [3.63, 3.8) is 0 Å². The monoisotopic (exact) mass is 248 g/mol. The zero-order valence-electron chi connectivity index (χ0n) is 11.5. The number of para-hydroxylation sites is 1. The van der Waals surface area contributed by atoms with Crippen molar-refractivity contribution in [2.45, 2.75) is 31.8 Å². The summed E-state index contributed by atoms with van der Waals surface area (Å²) in [6.45, 7) is 5.46. The molecule has 0 radical (unpaired) electrons. The average Bonchev–Trinajstić information content (AvgIpc) is 2.38. The molecule has 1 atom stereocenters. The smallest absolute Gasteiger partial charge is 0.0777 e. The molecule has 1 aromatic rings. The lowest BCUT2D eigenvalue weighted by Crippen LogP contribution is -2.47. The third-order valence-corrected chi connectivity index (χ3v) is 3.98. The number of ether oxygens (including phenoxy) is 1. The maximum Gasteiger partial charge on any atom is 0.0777 e. The van der Waals surface area contributed by atoms with Gasteiger partial charge in [0, 0.05) is 25.9 Å². The number of likely N-dealkylation sites (tertiary alicyclic amines) is 1. The predicted octanol–water partition coefficient (Wildman–Crippen LogP) is 2.31. The predicted molar refractivity (Wildman–Crippen MR) is 75.6 cm³/mol. The van der Waals surface area contributed by atoms with Gasteiger partial charge in [-0.05, 0) is 44.4 Å². The van der Waals surface area contributed by atoms with Crippen LogP contribution in [0.2, 0.25) is 0 Å². The first-order valence-electron chi connectivity index (χ1n) is 6.74. The fourth-order valence-corrected chi connectivity index (χ4v) is 2.71. The van der Waals surface area contributed by atoms with Crippen molar-refractivity contribution < 1.29 is 4.74 Å². The van der Waals surface area contributed by atoms with Gasteiger partial charge < -0.3 is 15.4 Å². The minimum absolute atomic E-state index is 0.0283. The molecule has 2 N–H and O–H groups in total. The Morgan fingerprint density at radius 3 is 2.89 bits per heavy atom. The van der Waals surface area contributed by atoms with Crippen LogP contribution in [-0.2, 0) is 11.2 Å². The molecule has 1 heterocycles. The van der Waals surface area contributed by atoms with E-state index in [0.29, 0.717) is 0 Å². The van der Waals surface area contributed by atoms with Crippen LogP contribution in [0, 0.1) is 0 Å². The second-order valence-corrected chi connectivity index (χ2v) is 5.48. The summed E-state index contributed by atoms with van der Waals surface area (Å²) in [5, 5.41) is 0. The van der Waals surface area contributed by atoms with E-state index in [1.807, 2.05) is 19.2 Å². The van der Waals surface area contributed by atoms with E-state index in [-0.39, 0.29) is 5.60 Å². The van der Waals surface area contributed by atoms with Crippen LogP contribution >= 0.6 is 0 Å². The van der Waals surface area contributed by atoms with Crippen molar-refractivity contribution in [1.82, 2.24) is 4.90 Å². The first-order valence-corrected chi connectivity index (χ1v) is 6.74. The molecule has 0 aliphatic carbocycles. The highest BCUT2D eigenvalue weighted by Gasteiger charge is 2.30. The number of anilines is 1. The van der Waals surface area contributed by atoms with Crippen molar-refractivity contribution >= 4 is 5.69 Å². The molecule has 3 heteroatoms. The Morgan fingerprint density at radius 2 is 2.17 bits per heavy atom. The molecular formula is C15H24N2O. The van der Waals surface area contributed by atoms with Gasteiger partial charge >= 0.3 is 0 Å². The van der Waals surface area contributed by atoms with E-state index < -0.39 is 0 Å². The molecule has 100 valence electrons. The van der Waals surface area contributed by atoms with E-state index in [1.165, 1.54) is 18.5 Å². The van der Waals surface area contributed by atoms with Crippen molar-refractivity contribution in [1.29, 1.82) is 0 Å². The summed E-state index contributed by atoms with van der Waals surface area (Å²) in [6.07, 6.45) is 3.40. The molecule has 1 unspecified atom stereocenters. The lowest BCUT2D eigenvalue weighted by atomic mass is 9.94. The van der Waals surface area contributed by atoms with Crippen molar-refractivity contribution in [2.75, 3.05) is 32.5 Å². The second-order valence-electron chi connectivity index (χ2n) is 5.48. The van der Waals surface area contributed by atoms with Gasteiger partial charge in [0.2, 0.25) is 0 Å². The van der Waals surface area contributed by atoms with E-state index in [9.17, 15) is 0 Å². The van der Waals surface area contributed by atoms with E-state index in [2.05, 4.69) is 24.0 Å². The highest BCUT2D eigenvalue weighted by molar-refractivity contribution is 5.46. The largest absolute Gasteiger partial charge is 0.399 e. The Labute approximate surface area is 110 Å². The van der Waals surface area contributed by atoms with Gasteiger partial charge in [-0.3, -0.25) is 0 Å². The van der Waals surface area contributed by atoms with Crippen LogP contribution in [0.15, 0.2) is 24.3 Å². The van der Waals surface area contributed by atoms with Gasteiger partial charge in [-0.25, -0.2) is 0 Å². The highest BCUT2D eigenvalue weighted by atomic mass is 16.5. The third kappa shape index (κ3) is 3.24. The molecule has 1 aromatic carbocycles. The first kappa shape index (κ1) is 13.4. The SMILES string of the molecule is COC1(C)CCCN(CCc2ccccc2N)C1. The quantitative estimate of drug-likeness (QED) is 0.831. The van der Waals surface area contributed by atoms with Crippen LogP contribution < -0.4 is 5.73 Å². The third-order valence-electron chi connectivity index (χ3n) is 3.98. The molecule has 0 spiro atoms. The van der Waals surface area contributed by atoms with E-state index in [0.717, 1.165) is 31.6 Å². The molecule has 1 aliphatic rings. The van der Waals surface area contributed by atoms with E-state index >= 15 is 0 Å². The van der Waals surface area contributed by atoms with Crippen LogP contribution in [0.3, 0.4) is 0 Å². The number of nitrogen functional groups attached to an aromatic ring is 1. The standard InChI is InChI=1S/C15H24N2O/c1-15(18-2)9-5-10-17(12-15)11-8-13-6-3-4-7-14(13)16/h3-4,6-7H,5,8-12,16H2,1-2H3. The summed E-state index contributed by atoms with van der Waals surface area (Å²) in [4.78, 5) is 2.49. The zero-order chi connectivity index (χ0) is 13.0. The summed E-state index contributed by atoms with van der Waals surface area (Å²) in [6, 6.07) is 8.14. The molecule has 2 rings (SSSR count). The Hall–Kier alpha value is -1.06. The topological polar surface area (TPSA) is 38.5 Å². The van der Waals surface area contributed by atoms with E-state index in [4.69, 9.17) is 10.5 Å². The Bertz CT molecular complexity index is 394. The minimum atomic E-state index is 0.0283. The van der Waals surface area contributed by atoms with Gasteiger partial charge in [0.25, 0.3) is 0 Å². The van der Waals surface area contributed by atoms with Gasteiger partial charge in [-0.1, -0.05) is 18.2 Å². The van der Waals surface area contributed by atoms with Crippen molar-refractivity contribution in [3.05, 3.63) is 29.8 Å². The Kier molecular flexibility index (Phi) is 4.25. The van der Waals surface area contributed by atoms with Gasteiger partial charge in [-0.2, -0.15) is 0 Å². The van der Waals surface area contributed by atoms with Crippen molar-refractivity contribution in [3.8, 4) is 0 Å². The van der Waals surface area contributed by atoms with Crippen LogP contribution in [-0.4, -0.2) is 37.2 Å². The van der Waals surface area contributed by atoms with Gasteiger partial charge in [0.1, 0.15) is 0 Å². The van der Waals surface area contributed by atoms with Crippen molar-refractivity contribution in [2.24, 2.45) is 0 Å². The van der Waals surface area contributed by atoms with Crippen LogP contribution in [0.25, 0.3) is 0 Å². The van der Waals surface area contributed by atoms with Gasteiger partial charge in [0.15, 0.2) is 0 Å². The summed E-state index contributed by atoms with van der Waals surface area (Å²) < 4.78 is 5.62. The zero-order valence-corrected chi connectivity index (χ0v) is 11.5. The summed E-state index contributed by atoms with van der Waals surface area (Å²) in [5.41, 5.74) is 8.16. The number of piperidine rings is 1. The molecule has 0 bridgehead atoms. The van der Waals surface area contributed by atoms with E-state index in [1.54, 1.807) is 0 Å². The summed E-state index contributed by atoms with van der Waals surface area (Å²) in [5.74, 6) is 0. The molecule has 1 fully saturated rings. The van der Waals surface area contributed by atoms with Gasteiger partial charge in [0.05, 0.1) is 5.60 Å². The maximum absolute atomic E-state index is 5.97. The number of nitrogens with two attached hydrogens (primary N) is 1. The lowest BCUT2D eigenvalue weighted by molar-refractivity contribution is -0.0502. The van der Waals surface area contributed by atoms with Crippen LogP contribution in [0.5, 0.6) is 0 Å². The number of benzene rings is 1. The number of rotatable bonds is 4. The average molecular weight is 248 g/mol. The van der Waals surface area contributed by atoms with Gasteiger partial charge in [-0.15, -0.1) is 0 Å².